The summed E-state index contributed by atoms with van der Waals surface area (Å²) in [4.78, 5) is 9.15. The summed E-state index contributed by atoms with van der Waals surface area (Å²) in [5.41, 5.74) is 1.87. The topological polar surface area (TPSA) is 25.8 Å². The largest absolute Gasteiger partial charge is 0.335 e. The third-order valence-corrected chi connectivity index (χ3v) is 5.67. The number of pyridine rings is 2. The fourth-order valence-electron chi connectivity index (χ4n) is 3.83. The molecule has 1 aliphatic rings. The predicted octanol–water partition coefficient (Wildman–Crippen LogP) is 6.25. The van der Waals surface area contributed by atoms with Crippen LogP contribution in [-0.2, 0) is 26.5 Å². The van der Waals surface area contributed by atoms with Gasteiger partial charge in [0.15, 0.2) is 0 Å². The zero-order valence-electron chi connectivity index (χ0n) is 17.2. The average molecular weight is 626 g/mol. The Morgan fingerprint density at radius 2 is 1.36 bits per heavy atom. The summed E-state index contributed by atoms with van der Waals surface area (Å²) in [6.07, 6.45) is 0.672. The van der Waals surface area contributed by atoms with Gasteiger partial charge < -0.3 is 9.97 Å². The molecule has 5 rings (SSSR count). The Morgan fingerprint density at radius 1 is 0.818 bits per heavy atom. The fraction of sp³-hybridized carbons (Fsp3) is 0.115. The molecular weight excluding hydrogens is 611 g/mol. The van der Waals surface area contributed by atoms with Crippen molar-refractivity contribution in [1.29, 1.82) is 0 Å². The first-order chi connectivity index (χ1) is 15.3. The van der Waals surface area contributed by atoms with Gasteiger partial charge in [-0.25, -0.2) is 0 Å². The van der Waals surface area contributed by atoms with Crippen LogP contribution in [0.15, 0.2) is 60.7 Å². The van der Waals surface area contributed by atoms with Crippen LogP contribution in [0.3, 0.4) is 0 Å². The van der Waals surface area contributed by atoms with Gasteiger partial charge >= 0.3 is 0 Å². The van der Waals surface area contributed by atoms with E-state index in [4.69, 9.17) is 0 Å². The van der Waals surface area contributed by atoms with Crippen molar-refractivity contribution in [3.8, 4) is 22.5 Å². The third kappa shape index (κ3) is 4.32. The van der Waals surface area contributed by atoms with Crippen LogP contribution < -0.4 is 0 Å². The van der Waals surface area contributed by atoms with Gasteiger partial charge in [0, 0.05) is 50.0 Å². The van der Waals surface area contributed by atoms with Gasteiger partial charge in [0.25, 0.3) is 0 Å². The van der Waals surface area contributed by atoms with E-state index < -0.39 is 28.7 Å². The van der Waals surface area contributed by atoms with Gasteiger partial charge in [-0.2, -0.15) is 12.0 Å². The standard InChI is InChI=1S/C26H15F4N2.Pt/c1-26(25-7-3-5-23(32-25)18-11-9-16(28)13-21(18)30)14-19(26)24-6-2-4-22(31-24)17-10-8-15(27)12-20(17)29;/h2-9,12-13H,14H2,1H3;/q-3;. The molecule has 1 aliphatic carbocycles. The summed E-state index contributed by atoms with van der Waals surface area (Å²) in [6.45, 7) is 2.00. The van der Waals surface area contributed by atoms with Gasteiger partial charge in [-0.05, 0) is 22.9 Å². The van der Waals surface area contributed by atoms with Gasteiger partial charge in [0.1, 0.15) is 0 Å². The first kappa shape index (κ1) is 23.2. The first-order valence-electron chi connectivity index (χ1n) is 9.90. The van der Waals surface area contributed by atoms with E-state index in [1.807, 2.05) is 19.1 Å². The zero-order valence-corrected chi connectivity index (χ0v) is 19.5. The second kappa shape index (κ2) is 8.75. The van der Waals surface area contributed by atoms with E-state index in [9.17, 15) is 17.6 Å². The molecule has 0 spiro atoms. The maximum Gasteiger partial charge on any atom is 0.0408 e. The number of aromatic nitrogens is 2. The van der Waals surface area contributed by atoms with Crippen molar-refractivity contribution >= 4 is 0 Å². The maximum absolute atomic E-state index is 14.2. The molecule has 2 aromatic heterocycles. The summed E-state index contributed by atoms with van der Waals surface area (Å²) < 4.78 is 54.8. The van der Waals surface area contributed by atoms with Crippen molar-refractivity contribution in [1.82, 2.24) is 9.97 Å². The van der Waals surface area contributed by atoms with E-state index >= 15 is 0 Å². The van der Waals surface area contributed by atoms with Crippen LogP contribution in [0.1, 0.15) is 24.7 Å². The summed E-state index contributed by atoms with van der Waals surface area (Å²) in [7, 11) is 0. The van der Waals surface area contributed by atoms with E-state index in [2.05, 4.69) is 22.1 Å². The summed E-state index contributed by atoms with van der Waals surface area (Å²) in [5.74, 6) is -1.87. The molecule has 7 heteroatoms. The molecule has 0 bridgehead atoms. The van der Waals surface area contributed by atoms with Crippen LogP contribution in [0.4, 0.5) is 17.6 Å². The van der Waals surface area contributed by atoms with Crippen LogP contribution in [0.25, 0.3) is 22.5 Å². The minimum Gasteiger partial charge on any atom is -0.335 e. The number of benzene rings is 2. The Labute approximate surface area is 203 Å². The van der Waals surface area contributed by atoms with Gasteiger partial charge in [-0.15, -0.1) is 36.0 Å². The number of halogens is 4. The van der Waals surface area contributed by atoms with E-state index in [-0.39, 0.29) is 32.2 Å². The van der Waals surface area contributed by atoms with Crippen molar-refractivity contribution in [2.45, 2.75) is 18.8 Å². The molecular formula is C26H15F4N2Pt-3. The van der Waals surface area contributed by atoms with Crippen LogP contribution in [0.5, 0.6) is 0 Å². The van der Waals surface area contributed by atoms with Gasteiger partial charge in [-0.1, -0.05) is 54.8 Å². The van der Waals surface area contributed by atoms with Crippen LogP contribution in [-0.4, -0.2) is 9.97 Å². The molecule has 1 saturated carbocycles. The quantitative estimate of drug-likeness (QED) is 0.198. The SMILES string of the molecule is CC1(c2cccc(-c3[c-]cc(F)cc3F)n2)C[C-]1c1cccc(-c2[c-]cc(F)cc2F)n1.[Pt]. The molecule has 1 atom stereocenters. The third-order valence-electron chi connectivity index (χ3n) is 5.67. The Hall–Kier alpha value is -2.98. The molecule has 0 radical (unpaired) electrons. The number of rotatable bonds is 4. The van der Waals surface area contributed by atoms with Crippen molar-refractivity contribution in [3.63, 3.8) is 0 Å². The number of hydrogen-bond donors (Lipinski definition) is 0. The molecule has 1 unspecified atom stereocenters. The number of hydrogen-bond acceptors (Lipinski definition) is 2. The monoisotopic (exact) mass is 626 g/mol. The molecule has 4 aromatic rings. The van der Waals surface area contributed by atoms with E-state index in [1.165, 1.54) is 0 Å². The van der Waals surface area contributed by atoms with Crippen LogP contribution >= 0.6 is 0 Å². The van der Waals surface area contributed by atoms with Crippen LogP contribution in [0.2, 0.25) is 0 Å². The van der Waals surface area contributed by atoms with Gasteiger partial charge in [0.2, 0.25) is 0 Å². The normalized spacial score (nSPS) is 16.9. The summed E-state index contributed by atoms with van der Waals surface area (Å²) in [5, 5.41) is 0. The Morgan fingerprint density at radius 3 is 1.94 bits per heavy atom. The summed E-state index contributed by atoms with van der Waals surface area (Å²) in [6, 6.07) is 19.4. The van der Waals surface area contributed by atoms with Crippen LogP contribution in [0, 0.1) is 41.3 Å². The second-order valence-corrected chi connectivity index (χ2v) is 7.89. The molecule has 33 heavy (non-hydrogen) atoms. The van der Waals surface area contributed by atoms with Crippen molar-refractivity contribution < 1.29 is 38.6 Å². The minimum absolute atomic E-state index is 0. The molecule has 2 heterocycles. The smallest absolute Gasteiger partial charge is 0.0408 e. The van der Waals surface area contributed by atoms with Crippen molar-refractivity contribution in [2.75, 3.05) is 0 Å². The molecule has 2 aromatic carbocycles. The zero-order chi connectivity index (χ0) is 22.5. The average Bonchev–Trinajstić information content (AvgIpc) is 3.47. The van der Waals surface area contributed by atoms with Gasteiger partial charge in [-0.3, -0.25) is 17.6 Å². The maximum atomic E-state index is 14.2. The molecule has 0 N–H and O–H groups in total. The van der Waals surface area contributed by atoms with E-state index in [0.29, 0.717) is 29.2 Å². The van der Waals surface area contributed by atoms with E-state index in [1.54, 1.807) is 24.3 Å². The van der Waals surface area contributed by atoms with Crippen molar-refractivity contribution in [3.05, 3.63) is 113 Å². The predicted molar refractivity (Wildman–Crippen MR) is 111 cm³/mol. The molecule has 0 aliphatic heterocycles. The Kier molecular flexibility index (Phi) is 6.15. The minimum atomic E-state index is -0.731. The molecule has 1 fully saturated rings. The molecule has 0 amide bonds. The Balaban J connectivity index is 0.00000259. The number of nitrogens with zero attached hydrogens (tertiary/aromatic N) is 2. The molecule has 170 valence electrons. The van der Waals surface area contributed by atoms with Gasteiger partial charge in [0.05, 0.1) is 0 Å². The second-order valence-electron chi connectivity index (χ2n) is 7.89. The summed E-state index contributed by atoms with van der Waals surface area (Å²) >= 11 is 0. The fourth-order valence-corrected chi connectivity index (χ4v) is 3.83. The molecule has 0 saturated heterocycles. The van der Waals surface area contributed by atoms with Crippen molar-refractivity contribution in [2.24, 2.45) is 0 Å². The molecule has 2 nitrogen and oxygen atoms in total. The Bertz CT molecular complexity index is 1340. The first-order valence-corrected chi connectivity index (χ1v) is 9.90. The van der Waals surface area contributed by atoms with E-state index in [0.717, 1.165) is 30.2 Å².